The minimum absolute atomic E-state index is 0.0352. The van der Waals surface area contributed by atoms with Crippen LogP contribution in [-0.2, 0) is 9.59 Å². The number of carbonyl (C=O) groups is 2. The van der Waals surface area contributed by atoms with E-state index in [-0.39, 0.29) is 18.9 Å². The van der Waals surface area contributed by atoms with Crippen molar-refractivity contribution >= 4 is 11.9 Å². The van der Waals surface area contributed by atoms with Gasteiger partial charge in [-0.3, -0.25) is 9.59 Å². The largest absolute Gasteiger partial charge is 0.481 e. The molecule has 14 heavy (non-hydrogen) atoms. The molecule has 0 radical (unpaired) electrons. The van der Waals surface area contributed by atoms with Crippen molar-refractivity contribution < 1.29 is 14.7 Å². The van der Waals surface area contributed by atoms with Crippen molar-refractivity contribution in [1.29, 1.82) is 0 Å². The lowest BCUT2D eigenvalue weighted by atomic mass is 10.0. The second kappa shape index (κ2) is 7.28. The van der Waals surface area contributed by atoms with Crippen LogP contribution in [0.15, 0.2) is 0 Å². The van der Waals surface area contributed by atoms with Gasteiger partial charge in [0.25, 0.3) is 0 Å². The minimum atomic E-state index is -0.988. The number of hydrogen-bond acceptors (Lipinski definition) is 4. The van der Waals surface area contributed by atoms with E-state index < -0.39 is 11.9 Å². The second-order valence-corrected chi connectivity index (χ2v) is 2.96. The molecule has 0 aliphatic heterocycles. The third-order valence-corrected chi connectivity index (χ3v) is 1.76. The van der Waals surface area contributed by atoms with Crippen LogP contribution in [0.1, 0.15) is 12.8 Å². The number of carboxylic acids is 1. The first-order chi connectivity index (χ1) is 6.61. The Morgan fingerprint density at radius 2 is 1.93 bits per heavy atom. The van der Waals surface area contributed by atoms with Gasteiger partial charge in [0.15, 0.2) is 0 Å². The lowest BCUT2D eigenvalue weighted by Gasteiger charge is -2.10. The molecule has 6 heteroatoms. The number of rotatable bonds is 7. The number of carbonyl (C=O) groups excluding carboxylic acids is 1. The molecule has 1 atom stereocenters. The molecule has 6 N–H and O–H groups in total. The molecule has 0 aromatic rings. The van der Waals surface area contributed by atoms with E-state index in [1.165, 1.54) is 0 Å². The molecular weight excluding hydrogens is 186 g/mol. The summed E-state index contributed by atoms with van der Waals surface area (Å²) in [7, 11) is 0. The molecule has 1 unspecified atom stereocenters. The van der Waals surface area contributed by atoms with Crippen LogP contribution in [0.3, 0.4) is 0 Å². The van der Waals surface area contributed by atoms with Gasteiger partial charge in [-0.15, -0.1) is 0 Å². The first-order valence-corrected chi connectivity index (χ1v) is 4.51. The van der Waals surface area contributed by atoms with Crippen LogP contribution >= 0.6 is 0 Å². The Labute approximate surface area is 82.6 Å². The average molecular weight is 203 g/mol. The molecule has 0 spiro atoms. The van der Waals surface area contributed by atoms with Crippen LogP contribution in [0, 0.1) is 5.92 Å². The predicted molar refractivity (Wildman–Crippen MR) is 51.5 cm³/mol. The lowest BCUT2D eigenvalue weighted by molar-refractivity contribution is -0.144. The van der Waals surface area contributed by atoms with Gasteiger partial charge in [0.1, 0.15) is 0 Å². The van der Waals surface area contributed by atoms with Gasteiger partial charge in [-0.25, -0.2) is 0 Å². The van der Waals surface area contributed by atoms with E-state index in [0.29, 0.717) is 19.5 Å². The summed E-state index contributed by atoms with van der Waals surface area (Å²) in [6, 6.07) is 0. The first kappa shape index (κ1) is 12.9. The lowest BCUT2D eigenvalue weighted by Crippen LogP contribution is -2.32. The molecule has 0 bridgehead atoms. The number of aliphatic carboxylic acids is 1. The van der Waals surface area contributed by atoms with E-state index >= 15 is 0 Å². The third kappa shape index (κ3) is 5.50. The Morgan fingerprint density at radius 3 is 2.36 bits per heavy atom. The number of hydrogen-bond donors (Lipinski definition) is 4. The Kier molecular flexibility index (Phi) is 6.69. The molecule has 0 heterocycles. The molecule has 1 amide bonds. The molecule has 0 aliphatic rings. The molecule has 0 rings (SSSR count). The van der Waals surface area contributed by atoms with Gasteiger partial charge in [0.05, 0.1) is 5.92 Å². The van der Waals surface area contributed by atoms with Crippen LogP contribution in [0.5, 0.6) is 0 Å². The van der Waals surface area contributed by atoms with Gasteiger partial charge < -0.3 is 21.9 Å². The van der Waals surface area contributed by atoms with Crippen molar-refractivity contribution in [3.05, 3.63) is 0 Å². The molecule has 6 nitrogen and oxygen atoms in total. The summed E-state index contributed by atoms with van der Waals surface area (Å²) in [6.45, 7) is 0.981. The highest BCUT2D eigenvalue weighted by Gasteiger charge is 2.19. The topological polar surface area (TPSA) is 118 Å². The normalized spacial score (nSPS) is 12.1. The Morgan fingerprint density at radius 1 is 1.29 bits per heavy atom. The first-order valence-electron chi connectivity index (χ1n) is 4.51. The van der Waals surface area contributed by atoms with Gasteiger partial charge in [0, 0.05) is 19.5 Å². The highest BCUT2D eigenvalue weighted by Crippen LogP contribution is 2.07. The quantitative estimate of drug-likeness (QED) is 0.401. The zero-order valence-corrected chi connectivity index (χ0v) is 8.03. The molecule has 0 saturated heterocycles. The monoisotopic (exact) mass is 203 g/mol. The van der Waals surface area contributed by atoms with Crippen LogP contribution in [0.2, 0.25) is 0 Å². The fraction of sp³-hybridized carbons (Fsp3) is 0.750. The van der Waals surface area contributed by atoms with Crippen molar-refractivity contribution in [3.63, 3.8) is 0 Å². The van der Waals surface area contributed by atoms with Gasteiger partial charge >= 0.3 is 5.97 Å². The number of nitrogens with two attached hydrogens (primary N) is 2. The minimum Gasteiger partial charge on any atom is -0.481 e. The van der Waals surface area contributed by atoms with E-state index in [0.717, 1.165) is 0 Å². The summed E-state index contributed by atoms with van der Waals surface area (Å²) in [6.07, 6.45) is 0.276. The van der Waals surface area contributed by atoms with Gasteiger partial charge in [-0.05, 0) is 13.0 Å². The summed E-state index contributed by atoms with van der Waals surface area (Å²) in [5, 5.41) is 11.2. The fourth-order valence-electron chi connectivity index (χ4n) is 1.02. The van der Waals surface area contributed by atoms with E-state index in [4.69, 9.17) is 16.6 Å². The summed E-state index contributed by atoms with van der Waals surface area (Å²) < 4.78 is 0. The highest BCUT2D eigenvalue weighted by atomic mass is 16.4. The van der Waals surface area contributed by atoms with E-state index in [1.54, 1.807) is 0 Å². The maximum absolute atomic E-state index is 11.1. The molecule has 0 aliphatic carbocycles. The van der Waals surface area contributed by atoms with E-state index in [9.17, 15) is 9.59 Å². The molecule has 0 saturated carbocycles. The van der Waals surface area contributed by atoms with Crippen molar-refractivity contribution in [3.8, 4) is 0 Å². The van der Waals surface area contributed by atoms with E-state index in [1.807, 2.05) is 0 Å². The van der Waals surface area contributed by atoms with Gasteiger partial charge in [0.2, 0.25) is 5.91 Å². The predicted octanol–water partition coefficient (Wildman–Crippen LogP) is -1.50. The van der Waals surface area contributed by atoms with Crippen molar-refractivity contribution in [1.82, 2.24) is 5.32 Å². The Hall–Kier alpha value is -1.14. The second-order valence-electron chi connectivity index (χ2n) is 2.96. The summed E-state index contributed by atoms with van der Waals surface area (Å²) in [5.41, 5.74) is 10.4. The van der Waals surface area contributed by atoms with Crippen LogP contribution in [-0.4, -0.2) is 36.6 Å². The van der Waals surface area contributed by atoms with Crippen LogP contribution in [0.4, 0.5) is 0 Å². The SMILES string of the molecule is NCCNC(=O)CC(CCN)C(=O)O. The molecule has 0 fully saturated rings. The highest BCUT2D eigenvalue weighted by molar-refractivity contribution is 5.82. The Balaban J connectivity index is 3.90. The van der Waals surface area contributed by atoms with Crippen LogP contribution in [0.25, 0.3) is 0 Å². The molecular formula is C8H17N3O3. The van der Waals surface area contributed by atoms with Gasteiger partial charge in [-0.1, -0.05) is 0 Å². The average Bonchev–Trinajstić information content (AvgIpc) is 2.14. The van der Waals surface area contributed by atoms with Crippen LogP contribution < -0.4 is 16.8 Å². The molecule has 82 valence electrons. The van der Waals surface area contributed by atoms with Gasteiger partial charge in [-0.2, -0.15) is 0 Å². The standard InChI is InChI=1S/C8H17N3O3/c9-2-1-6(8(13)14)5-7(12)11-4-3-10/h6H,1-5,9-10H2,(H,11,12)(H,13,14). The van der Waals surface area contributed by atoms with Crippen molar-refractivity contribution in [2.24, 2.45) is 17.4 Å². The van der Waals surface area contributed by atoms with E-state index in [2.05, 4.69) is 5.32 Å². The maximum Gasteiger partial charge on any atom is 0.307 e. The summed E-state index contributed by atoms with van der Waals surface area (Å²) in [5.74, 6) is -1.98. The van der Waals surface area contributed by atoms with Crippen molar-refractivity contribution in [2.75, 3.05) is 19.6 Å². The maximum atomic E-state index is 11.1. The zero-order chi connectivity index (χ0) is 11.0. The number of nitrogens with one attached hydrogen (secondary N) is 1. The number of amides is 1. The Bertz CT molecular complexity index is 196. The number of carboxylic acid groups (broad SMARTS) is 1. The molecule has 0 aromatic carbocycles. The van der Waals surface area contributed by atoms with Crippen molar-refractivity contribution in [2.45, 2.75) is 12.8 Å². The summed E-state index contributed by atoms with van der Waals surface area (Å²) >= 11 is 0. The fourth-order valence-corrected chi connectivity index (χ4v) is 1.02. The zero-order valence-electron chi connectivity index (χ0n) is 8.03. The smallest absolute Gasteiger partial charge is 0.307 e. The molecule has 0 aromatic heterocycles. The summed E-state index contributed by atoms with van der Waals surface area (Å²) in [4.78, 5) is 21.8. The third-order valence-electron chi connectivity index (χ3n) is 1.76.